The monoisotopic (exact) mass is 774 g/mol. The van der Waals surface area contributed by atoms with E-state index in [0.717, 1.165) is 44.9 Å². The first-order valence-corrected chi connectivity index (χ1v) is 24.0. The van der Waals surface area contributed by atoms with Crippen molar-refractivity contribution >= 4 is 13.7 Å². The molecule has 0 aromatic carbocycles. The summed E-state index contributed by atoms with van der Waals surface area (Å²) in [5.74, 6) is -0.152. The first-order valence-electron chi connectivity index (χ1n) is 22.6. The lowest BCUT2D eigenvalue weighted by Crippen LogP contribution is -2.46. The fourth-order valence-electron chi connectivity index (χ4n) is 6.63. The van der Waals surface area contributed by atoms with Gasteiger partial charge in [-0.3, -0.25) is 13.8 Å². The lowest BCUT2D eigenvalue weighted by atomic mass is 10.0. The van der Waals surface area contributed by atoms with Crippen molar-refractivity contribution in [2.24, 2.45) is 0 Å². The molecule has 9 heteroatoms. The van der Waals surface area contributed by atoms with Crippen LogP contribution >= 0.6 is 7.82 Å². The Morgan fingerprint density at radius 1 is 0.623 bits per heavy atom. The van der Waals surface area contributed by atoms with E-state index in [1.54, 1.807) is 0 Å². The van der Waals surface area contributed by atoms with Gasteiger partial charge in [0.15, 0.2) is 0 Å². The van der Waals surface area contributed by atoms with Crippen LogP contribution < -0.4 is 5.32 Å². The number of aliphatic hydroxyl groups excluding tert-OH is 1. The van der Waals surface area contributed by atoms with Crippen LogP contribution in [-0.2, 0) is 18.4 Å². The molecule has 3 atom stereocenters. The van der Waals surface area contributed by atoms with E-state index in [2.05, 4.69) is 31.3 Å². The molecule has 0 radical (unpaired) electrons. The Morgan fingerprint density at radius 2 is 1.02 bits per heavy atom. The van der Waals surface area contributed by atoms with E-state index in [1.807, 2.05) is 21.1 Å². The van der Waals surface area contributed by atoms with Crippen LogP contribution in [0.25, 0.3) is 0 Å². The standard InChI is InChI=1S/C44H89N2O6P/c1-6-8-10-12-14-16-18-20-22-24-26-28-30-32-34-36-38-44(48)45-42(41-52-53(49,50)51-40-39-46(3,4)5)43(47)37-35-33-31-29-27-25-23-21-19-17-15-13-11-9-7-2/h27,29,42-43,47H,6-26,28,30-41H2,1-5H3,(H-,45,48,49,50)/p+1/b29-27+/t42-,43+/m0/s1. The number of rotatable bonds is 41. The fraction of sp³-hybridized carbons (Fsp3) is 0.932. The Balaban J connectivity index is 4.38. The molecular weight excluding hydrogens is 683 g/mol. The van der Waals surface area contributed by atoms with Gasteiger partial charge in [-0.1, -0.05) is 180 Å². The molecule has 1 unspecified atom stereocenters. The van der Waals surface area contributed by atoms with Crippen LogP contribution in [0.5, 0.6) is 0 Å². The van der Waals surface area contributed by atoms with Crippen molar-refractivity contribution in [1.29, 1.82) is 0 Å². The number of phosphoric ester groups is 1. The maximum atomic E-state index is 12.9. The number of quaternary nitrogens is 1. The highest BCUT2D eigenvalue weighted by Crippen LogP contribution is 2.43. The highest BCUT2D eigenvalue weighted by Gasteiger charge is 2.28. The first-order chi connectivity index (χ1) is 25.5. The summed E-state index contributed by atoms with van der Waals surface area (Å²) >= 11 is 0. The lowest BCUT2D eigenvalue weighted by Gasteiger charge is -2.26. The minimum atomic E-state index is -4.31. The SMILES string of the molecule is CCCCCCCCCCC/C=C/CCCC[C@@H](O)[C@H](COP(=O)(O)OCC[N+](C)(C)C)NC(=O)CCCCCCCCCCCCCCCCCC. The van der Waals surface area contributed by atoms with Gasteiger partial charge in [0.1, 0.15) is 13.2 Å². The maximum absolute atomic E-state index is 12.9. The second-order valence-corrected chi connectivity index (χ2v) is 18.2. The highest BCUT2D eigenvalue weighted by molar-refractivity contribution is 7.47. The number of phosphoric acid groups is 1. The number of carbonyl (C=O) groups is 1. The number of hydrogen-bond acceptors (Lipinski definition) is 5. The molecule has 3 N–H and O–H groups in total. The van der Waals surface area contributed by atoms with Crippen LogP contribution in [0.2, 0.25) is 0 Å². The topological polar surface area (TPSA) is 105 Å². The van der Waals surface area contributed by atoms with Gasteiger partial charge in [0.2, 0.25) is 5.91 Å². The summed E-state index contributed by atoms with van der Waals surface area (Å²) in [6.07, 6.45) is 40.9. The van der Waals surface area contributed by atoms with Crippen LogP contribution in [0.15, 0.2) is 12.2 Å². The van der Waals surface area contributed by atoms with E-state index < -0.39 is 20.0 Å². The number of carbonyl (C=O) groups excluding carboxylic acids is 1. The van der Waals surface area contributed by atoms with Crippen LogP contribution in [-0.4, -0.2) is 73.4 Å². The minimum absolute atomic E-state index is 0.0722. The number of aliphatic hydroxyl groups is 1. The van der Waals surface area contributed by atoms with Crippen molar-refractivity contribution in [2.75, 3.05) is 40.9 Å². The van der Waals surface area contributed by atoms with E-state index in [4.69, 9.17) is 9.05 Å². The molecule has 0 aromatic rings. The summed E-state index contributed by atoms with van der Waals surface area (Å²) in [4.78, 5) is 23.1. The third kappa shape index (κ3) is 39.3. The Morgan fingerprint density at radius 3 is 1.45 bits per heavy atom. The molecule has 0 saturated carbocycles. The van der Waals surface area contributed by atoms with Crippen molar-refractivity contribution < 1.29 is 32.9 Å². The molecule has 0 aliphatic rings. The zero-order valence-electron chi connectivity index (χ0n) is 35.8. The number of nitrogens with one attached hydrogen (secondary N) is 1. The van der Waals surface area contributed by atoms with Crippen molar-refractivity contribution in [3.63, 3.8) is 0 Å². The molecule has 0 heterocycles. The maximum Gasteiger partial charge on any atom is 0.472 e. The average Bonchev–Trinajstić information content (AvgIpc) is 3.10. The third-order valence-electron chi connectivity index (χ3n) is 10.3. The summed E-state index contributed by atoms with van der Waals surface area (Å²) < 4.78 is 23.6. The Bertz CT molecular complexity index is 880. The van der Waals surface area contributed by atoms with Crippen LogP contribution in [0.1, 0.15) is 213 Å². The largest absolute Gasteiger partial charge is 0.472 e. The number of unbranched alkanes of at least 4 members (excludes halogenated alkanes) is 26. The van der Waals surface area contributed by atoms with Gasteiger partial charge in [0, 0.05) is 6.42 Å². The molecule has 53 heavy (non-hydrogen) atoms. The second-order valence-electron chi connectivity index (χ2n) is 16.8. The second kappa shape index (κ2) is 36.9. The van der Waals surface area contributed by atoms with E-state index in [0.29, 0.717) is 23.9 Å². The van der Waals surface area contributed by atoms with Gasteiger partial charge in [0.05, 0.1) is 39.9 Å². The van der Waals surface area contributed by atoms with E-state index in [9.17, 15) is 19.4 Å². The molecular formula is C44H90N2O6P+. The van der Waals surface area contributed by atoms with Gasteiger partial charge in [-0.05, 0) is 38.5 Å². The summed E-state index contributed by atoms with van der Waals surface area (Å²) in [6.45, 7) is 4.88. The van der Waals surface area contributed by atoms with Crippen LogP contribution in [0.3, 0.4) is 0 Å². The quantitative estimate of drug-likeness (QED) is 0.0247. The summed E-state index contributed by atoms with van der Waals surface area (Å²) in [5, 5.41) is 13.9. The molecule has 0 saturated heterocycles. The Labute approximate surface area is 329 Å². The molecule has 0 aliphatic carbocycles. The predicted molar refractivity (Wildman–Crippen MR) is 226 cm³/mol. The summed E-state index contributed by atoms with van der Waals surface area (Å²) in [5.41, 5.74) is 0. The highest BCUT2D eigenvalue weighted by atomic mass is 31.2. The third-order valence-corrected chi connectivity index (χ3v) is 11.2. The van der Waals surface area contributed by atoms with Gasteiger partial charge >= 0.3 is 7.82 Å². The van der Waals surface area contributed by atoms with Gasteiger partial charge in [-0.25, -0.2) is 4.57 Å². The molecule has 1 amide bonds. The van der Waals surface area contributed by atoms with E-state index in [1.165, 1.54) is 141 Å². The lowest BCUT2D eigenvalue weighted by molar-refractivity contribution is -0.870. The molecule has 0 spiro atoms. The number of hydrogen-bond donors (Lipinski definition) is 3. The van der Waals surface area contributed by atoms with Gasteiger partial charge in [0.25, 0.3) is 0 Å². The van der Waals surface area contributed by atoms with Gasteiger partial charge in [-0.15, -0.1) is 0 Å². The fourth-order valence-corrected chi connectivity index (χ4v) is 7.36. The molecule has 8 nitrogen and oxygen atoms in total. The smallest absolute Gasteiger partial charge is 0.391 e. The van der Waals surface area contributed by atoms with Crippen molar-refractivity contribution in [3.05, 3.63) is 12.2 Å². The van der Waals surface area contributed by atoms with Crippen molar-refractivity contribution in [1.82, 2.24) is 5.32 Å². The molecule has 0 rings (SSSR count). The minimum Gasteiger partial charge on any atom is -0.391 e. The first kappa shape index (κ1) is 52.2. The zero-order valence-corrected chi connectivity index (χ0v) is 36.7. The predicted octanol–water partition coefficient (Wildman–Crippen LogP) is 12.4. The molecule has 0 aliphatic heterocycles. The van der Waals surface area contributed by atoms with Crippen LogP contribution in [0.4, 0.5) is 0 Å². The van der Waals surface area contributed by atoms with Gasteiger partial charge < -0.3 is 19.8 Å². The summed E-state index contributed by atoms with van der Waals surface area (Å²) in [7, 11) is 1.61. The number of amides is 1. The molecule has 0 bridgehead atoms. The Kier molecular flexibility index (Phi) is 36.3. The Hall–Kier alpha value is -0.760. The number of allylic oxidation sites excluding steroid dienone is 2. The number of likely N-dealkylation sites (N-methyl/N-ethyl adjacent to an activating group) is 1. The van der Waals surface area contributed by atoms with Crippen LogP contribution in [0, 0.1) is 0 Å². The average molecular weight is 774 g/mol. The molecule has 0 fully saturated rings. The van der Waals surface area contributed by atoms with Crippen molar-refractivity contribution in [3.8, 4) is 0 Å². The zero-order chi connectivity index (χ0) is 39.3. The summed E-state index contributed by atoms with van der Waals surface area (Å²) in [6, 6.07) is -0.770. The normalized spacial score (nSPS) is 14.5. The number of nitrogens with zero attached hydrogens (tertiary/aromatic N) is 1. The molecule has 0 aromatic heterocycles. The van der Waals surface area contributed by atoms with Crippen molar-refractivity contribution in [2.45, 2.75) is 225 Å². The molecule has 316 valence electrons. The van der Waals surface area contributed by atoms with Gasteiger partial charge in [-0.2, -0.15) is 0 Å². The van der Waals surface area contributed by atoms with E-state index in [-0.39, 0.29) is 19.1 Å². The van der Waals surface area contributed by atoms with E-state index >= 15 is 0 Å².